The maximum absolute atomic E-state index is 12.8. The van der Waals surface area contributed by atoms with Crippen LogP contribution in [0.15, 0.2) is 57.6 Å². The summed E-state index contributed by atoms with van der Waals surface area (Å²) in [5.41, 5.74) is 0.791. The van der Waals surface area contributed by atoms with Gasteiger partial charge in [-0.3, -0.25) is 9.59 Å². The van der Waals surface area contributed by atoms with E-state index in [1.54, 1.807) is 17.0 Å². The van der Waals surface area contributed by atoms with Crippen LogP contribution in [0.3, 0.4) is 0 Å². The van der Waals surface area contributed by atoms with Crippen LogP contribution in [0.1, 0.15) is 42.1 Å². The van der Waals surface area contributed by atoms with Crippen molar-refractivity contribution in [1.29, 1.82) is 0 Å². The molecule has 0 spiro atoms. The van der Waals surface area contributed by atoms with Crippen molar-refractivity contribution >= 4 is 22.8 Å². The van der Waals surface area contributed by atoms with E-state index in [2.05, 4.69) is 5.32 Å². The standard InChI is InChI=1S/C20H20N2O4/c1-13(18-12-14-6-2-3-8-16(14)26-18)21-19(23)15-7-4-10-22(15)20(24)17-9-5-11-25-17/h2-3,5-6,8-9,11-13,15H,4,7,10H2,1H3,(H,21,23). The van der Waals surface area contributed by atoms with E-state index in [1.807, 2.05) is 37.3 Å². The summed E-state index contributed by atoms with van der Waals surface area (Å²) >= 11 is 0. The number of likely N-dealkylation sites (tertiary alicyclic amines) is 1. The molecule has 0 radical (unpaired) electrons. The monoisotopic (exact) mass is 352 g/mol. The fourth-order valence-corrected chi connectivity index (χ4v) is 3.42. The number of carbonyl (C=O) groups excluding carboxylic acids is 2. The summed E-state index contributed by atoms with van der Waals surface area (Å²) in [6.07, 6.45) is 2.90. The van der Waals surface area contributed by atoms with Crippen LogP contribution in [0.4, 0.5) is 0 Å². The number of benzene rings is 1. The Labute approximate surface area is 150 Å². The van der Waals surface area contributed by atoms with Gasteiger partial charge in [-0.05, 0) is 44.0 Å². The normalized spacial score (nSPS) is 18.2. The van der Waals surface area contributed by atoms with Gasteiger partial charge in [0.2, 0.25) is 5.91 Å². The predicted molar refractivity (Wildman–Crippen MR) is 95.5 cm³/mol. The number of nitrogens with one attached hydrogen (secondary N) is 1. The maximum atomic E-state index is 12.8. The summed E-state index contributed by atoms with van der Waals surface area (Å²) in [6, 6.07) is 12.2. The van der Waals surface area contributed by atoms with Crippen LogP contribution in [0.5, 0.6) is 0 Å². The molecule has 2 atom stereocenters. The zero-order valence-electron chi connectivity index (χ0n) is 14.5. The average Bonchev–Trinajstić information content (AvgIpc) is 3.40. The van der Waals surface area contributed by atoms with E-state index in [9.17, 15) is 9.59 Å². The Balaban J connectivity index is 1.47. The van der Waals surface area contributed by atoms with Gasteiger partial charge in [-0.1, -0.05) is 18.2 Å². The highest BCUT2D eigenvalue weighted by Crippen LogP contribution is 2.25. The van der Waals surface area contributed by atoms with Gasteiger partial charge in [0.1, 0.15) is 17.4 Å². The molecule has 1 aliphatic rings. The molecule has 1 fully saturated rings. The summed E-state index contributed by atoms with van der Waals surface area (Å²) < 4.78 is 11.0. The van der Waals surface area contributed by atoms with E-state index in [0.29, 0.717) is 18.7 Å². The van der Waals surface area contributed by atoms with Crippen molar-refractivity contribution in [2.45, 2.75) is 31.8 Å². The van der Waals surface area contributed by atoms with Gasteiger partial charge in [0, 0.05) is 11.9 Å². The highest BCUT2D eigenvalue weighted by molar-refractivity contribution is 5.96. The number of para-hydroxylation sites is 1. The van der Waals surface area contributed by atoms with Crippen LogP contribution in [-0.2, 0) is 4.79 Å². The van der Waals surface area contributed by atoms with Crippen molar-refractivity contribution < 1.29 is 18.4 Å². The lowest BCUT2D eigenvalue weighted by atomic mass is 10.1. The summed E-state index contributed by atoms with van der Waals surface area (Å²) in [5, 5.41) is 3.97. The number of nitrogens with zero attached hydrogens (tertiary/aromatic N) is 1. The lowest BCUT2D eigenvalue weighted by Crippen LogP contribution is -2.46. The van der Waals surface area contributed by atoms with E-state index in [1.165, 1.54) is 6.26 Å². The second-order valence-electron chi connectivity index (χ2n) is 6.55. The van der Waals surface area contributed by atoms with Gasteiger partial charge < -0.3 is 19.1 Å². The SMILES string of the molecule is CC(NC(=O)C1CCCN1C(=O)c1ccco1)c1cc2ccccc2o1. The minimum atomic E-state index is -0.487. The van der Waals surface area contributed by atoms with Crippen molar-refractivity contribution in [2.75, 3.05) is 6.54 Å². The minimum Gasteiger partial charge on any atom is -0.459 e. The predicted octanol–water partition coefficient (Wildman–Crippen LogP) is 3.51. The van der Waals surface area contributed by atoms with E-state index >= 15 is 0 Å². The van der Waals surface area contributed by atoms with Crippen LogP contribution >= 0.6 is 0 Å². The third-order valence-corrected chi connectivity index (χ3v) is 4.78. The first kappa shape index (κ1) is 16.4. The zero-order valence-corrected chi connectivity index (χ0v) is 14.5. The molecule has 0 aliphatic carbocycles. The molecule has 2 aromatic heterocycles. The number of fused-ring (bicyclic) bond motifs is 1. The Kier molecular flexibility index (Phi) is 4.24. The van der Waals surface area contributed by atoms with Gasteiger partial charge in [0.15, 0.2) is 5.76 Å². The fraction of sp³-hybridized carbons (Fsp3) is 0.300. The first-order chi connectivity index (χ1) is 12.6. The Bertz CT molecular complexity index is 895. The summed E-state index contributed by atoms with van der Waals surface area (Å²) in [5.74, 6) is 0.538. The number of hydrogen-bond acceptors (Lipinski definition) is 4. The zero-order chi connectivity index (χ0) is 18.1. The highest BCUT2D eigenvalue weighted by Gasteiger charge is 2.36. The molecule has 1 N–H and O–H groups in total. The molecule has 3 aromatic rings. The van der Waals surface area contributed by atoms with Gasteiger partial charge in [0.05, 0.1) is 12.3 Å². The van der Waals surface area contributed by atoms with Gasteiger partial charge in [0.25, 0.3) is 5.91 Å². The molecule has 0 bridgehead atoms. The highest BCUT2D eigenvalue weighted by atomic mass is 16.3. The Morgan fingerprint density at radius 1 is 1.23 bits per heavy atom. The van der Waals surface area contributed by atoms with Crippen LogP contribution in [0.2, 0.25) is 0 Å². The number of amides is 2. The second-order valence-corrected chi connectivity index (χ2v) is 6.55. The van der Waals surface area contributed by atoms with E-state index in [-0.39, 0.29) is 23.6 Å². The van der Waals surface area contributed by atoms with E-state index in [4.69, 9.17) is 8.83 Å². The second kappa shape index (κ2) is 6.71. The van der Waals surface area contributed by atoms with Crippen molar-refractivity contribution in [2.24, 2.45) is 0 Å². The van der Waals surface area contributed by atoms with Crippen molar-refractivity contribution in [3.05, 3.63) is 60.2 Å². The topological polar surface area (TPSA) is 75.7 Å². The van der Waals surface area contributed by atoms with Gasteiger partial charge in [-0.15, -0.1) is 0 Å². The molecular formula is C20H20N2O4. The number of hydrogen-bond donors (Lipinski definition) is 1. The molecule has 3 heterocycles. The minimum absolute atomic E-state index is 0.171. The lowest BCUT2D eigenvalue weighted by Gasteiger charge is -2.24. The van der Waals surface area contributed by atoms with Gasteiger partial charge >= 0.3 is 0 Å². The molecule has 6 heteroatoms. The van der Waals surface area contributed by atoms with Gasteiger partial charge in [-0.2, -0.15) is 0 Å². The number of furan rings is 2. The van der Waals surface area contributed by atoms with Crippen LogP contribution in [0.25, 0.3) is 11.0 Å². The van der Waals surface area contributed by atoms with Crippen molar-refractivity contribution in [3.63, 3.8) is 0 Å². The molecule has 6 nitrogen and oxygen atoms in total. The Morgan fingerprint density at radius 3 is 2.85 bits per heavy atom. The van der Waals surface area contributed by atoms with Crippen molar-refractivity contribution in [3.8, 4) is 0 Å². The molecular weight excluding hydrogens is 332 g/mol. The summed E-state index contributed by atoms with van der Waals surface area (Å²) in [6.45, 7) is 2.43. The molecule has 2 amide bonds. The average molecular weight is 352 g/mol. The fourth-order valence-electron chi connectivity index (χ4n) is 3.42. The molecule has 2 unspecified atom stereocenters. The Hall–Kier alpha value is -3.02. The van der Waals surface area contributed by atoms with E-state index in [0.717, 1.165) is 17.4 Å². The molecule has 0 saturated carbocycles. The molecule has 4 rings (SSSR count). The number of carbonyl (C=O) groups is 2. The van der Waals surface area contributed by atoms with E-state index < -0.39 is 6.04 Å². The van der Waals surface area contributed by atoms with Crippen LogP contribution in [-0.4, -0.2) is 29.3 Å². The third kappa shape index (κ3) is 2.98. The smallest absolute Gasteiger partial charge is 0.290 e. The first-order valence-electron chi connectivity index (χ1n) is 8.77. The van der Waals surface area contributed by atoms with Crippen molar-refractivity contribution in [1.82, 2.24) is 10.2 Å². The maximum Gasteiger partial charge on any atom is 0.290 e. The quantitative estimate of drug-likeness (QED) is 0.780. The third-order valence-electron chi connectivity index (χ3n) is 4.78. The molecule has 1 saturated heterocycles. The first-order valence-corrected chi connectivity index (χ1v) is 8.77. The molecule has 26 heavy (non-hydrogen) atoms. The molecule has 1 aromatic carbocycles. The summed E-state index contributed by atoms with van der Waals surface area (Å²) in [4.78, 5) is 26.9. The summed E-state index contributed by atoms with van der Waals surface area (Å²) in [7, 11) is 0. The largest absolute Gasteiger partial charge is 0.459 e. The number of rotatable bonds is 4. The molecule has 1 aliphatic heterocycles. The van der Waals surface area contributed by atoms with Gasteiger partial charge in [-0.25, -0.2) is 0 Å². The van der Waals surface area contributed by atoms with Crippen LogP contribution in [0, 0.1) is 0 Å². The Morgan fingerprint density at radius 2 is 2.08 bits per heavy atom. The van der Waals surface area contributed by atoms with Crippen LogP contribution < -0.4 is 5.32 Å². The lowest BCUT2D eigenvalue weighted by molar-refractivity contribution is -0.125. The molecule has 134 valence electrons.